The molecule has 1 amide bonds. The summed E-state index contributed by atoms with van der Waals surface area (Å²) in [5, 5.41) is 13.3. The predicted octanol–water partition coefficient (Wildman–Crippen LogP) is 5.21. The minimum Gasteiger partial charge on any atom is -0.453 e. The van der Waals surface area contributed by atoms with Crippen LogP contribution in [0.15, 0.2) is 82.6 Å². The van der Waals surface area contributed by atoms with Gasteiger partial charge in [-0.3, -0.25) is 9.78 Å². The van der Waals surface area contributed by atoms with Crippen molar-refractivity contribution in [2.45, 2.75) is 26.2 Å². The van der Waals surface area contributed by atoms with Gasteiger partial charge in [0.1, 0.15) is 11.5 Å². The molecule has 37 heavy (non-hydrogen) atoms. The lowest BCUT2D eigenvalue weighted by atomic mass is 9.93. The number of ether oxygens (including phenoxy) is 1. The first-order chi connectivity index (χ1) is 18.0. The number of nitriles is 1. The fraction of sp³-hybridized carbons (Fsp3) is 0.138. The Hall–Kier alpha value is -5.03. The third kappa shape index (κ3) is 5.02. The van der Waals surface area contributed by atoms with Crippen molar-refractivity contribution < 1.29 is 18.7 Å². The van der Waals surface area contributed by atoms with Crippen molar-refractivity contribution in [2.24, 2.45) is 5.10 Å². The molecule has 0 saturated carbocycles. The van der Waals surface area contributed by atoms with Crippen LogP contribution in [0.4, 0.5) is 0 Å². The summed E-state index contributed by atoms with van der Waals surface area (Å²) in [5.41, 5.74) is 7.55. The SMILES string of the molecule is Cc1c(C(=O)Oc2ccc(-c3ccc(C#N)cc3)cc2)oc2c1/C(=N/NC(=O)c1ccncc1)CCC2. The standard InChI is InChI=1S/C29H22N4O4/c1-18-26-24(32-33-28(34)22-13-15-31-16-14-22)3-2-4-25(26)37-27(18)29(35)36-23-11-9-21(10-12-23)20-7-5-19(17-30)6-8-20/h5-16H,2-4H2,1H3,(H,33,34)/b32-24+. The van der Waals surface area contributed by atoms with Crippen LogP contribution in [0.25, 0.3) is 11.1 Å². The molecule has 0 aliphatic heterocycles. The lowest BCUT2D eigenvalue weighted by molar-refractivity contribution is 0.0698. The fourth-order valence-corrected chi connectivity index (χ4v) is 4.27. The molecule has 4 aromatic rings. The smallest absolute Gasteiger partial charge is 0.379 e. The lowest BCUT2D eigenvalue weighted by Gasteiger charge is -2.13. The van der Waals surface area contributed by atoms with Gasteiger partial charge in [-0.15, -0.1) is 0 Å². The number of benzene rings is 2. The first-order valence-electron chi connectivity index (χ1n) is 11.8. The number of esters is 1. The third-order valence-electron chi connectivity index (χ3n) is 6.16. The molecule has 0 bridgehead atoms. The van der Waals surface area contributed by atoms with Crippen molar-refractivity contribution >= 4 is 17.6 Å². The number of amides is 1. The molecular weight excluding hydrogens is 468 g/mol. The number of nitrogens with one attached hydrogen (secondary N) is 1. The summed E-state index contributed by atoms with van der Waals surface area (Å²) < 4.78 is 11.5. The monoisotopic (exact) mass is 490 g/mol. The third-order valence-corrected chi connectivity index (χ3v) is 6.16. The highest BCUT2D eigenvalue weighted by molar-refractivity contribution is 6.06. The summed E-state index contributed by atoms with van der Waals surface area (Å²) in [6.45, 7) is 1.79. The second-order valence-corrected chi connectivity index (χ2v) is 8.55. The molecule has 8 heteroatoms. The number of rotatable bonds is 5. The minimum absolute atomic E-state index is 0.122. The number of hydrogen-bond donors (Lipinski definition) is 1. The minimum atomic E-state index is -0.599. The predicted molar refractivity (Wildman–Crippen MR) is 136 cm³/mol. The van der Waals surface area contributed by atoms with Gasteiger partial charge in [-0.2, -0.15) is 10.4 Å². The van der Waals surface area contributed by atoms with Crippen LogP contribution in [-0.2, 0) is 6.42 Å². The molecule has 0 radical (unpaired) electrons. The van der Waals surface area contributed by atoms with E-state index in [4.69, 9.17) is 14.4 Å². The van der Waals surface area contributed by atoms with Crippen LogP contribution < -0.4 is 10.2 Å². The van der Waals surface area contributed by atoms with Crippen molar-refractivity contribution in [3.63, 3.8) is 0 Å². The Balaban J connectivity index is 1.31. The molecule has 8 nitrogen and oxygen atoms in total. The number of hydrogen-bond acceptors (Lipinski definition) is 7. The van der Waals surface area contributed by atoms with Crippen LogP contribution in [-0.4, -0.2) is 22.6 Å². The number of furan rings is 1. The number of fused-ring (bicyclic) bond motifs is 1. The Morgan fingerprint density at radius 3 is 2.35 bits per heavy atom. The number of pyridine rings is 1. The average Bonchev–Trinajstić information content (AvgIpc) is 3.29. The molecular formula is C29H22N4O4. The van der Waals surface area contributed by atoms with Gasteiger partial charge in [-0.25, -0.2) is 10.2 Å². The Morgan fingerprint density at radius 2 is 1.68 bits per heavy atom. The van der Waals surface area contributed by atoms with E-state index >= 15 is 0 Å². The highest BCUT2D eigenvalue weighted by Gasteiger charge is 2.29. The van der Waals surface area contributed by atoms with Crippen molar-refractivity contribution in [3.05, 3.63) is 107 Å². The van der Waals surface area contributed by atoms with E-state index in [-0.39, 0.29) is 11.7 Å². The average molecular weight is 491 g/mol. The van der Waals surface area contributed by atoms with Gasteiger partial charge < -0.3 is 9.15 Å². The van der Waals surface area contributed by atoms with E-state index in [0.717, 1.165) is 23.1 Å². The number of aryl methyl sites for hydroxylation is 1. The fourth-order valence-electron chi connectivity index (χ4n) is 4.27. The van der Waals surface area contributed by atoms with Crippen LogP contribution in [0.2, 0.25) is 0 Å². The van der Waals surface area contributed by atoms with Crippen LogP contribution in [0.5, 0.6) is 5.75 Å². The van der Waals surface area contributed by atoms with Gasteiger partial charge in [0.05, 0.1) is 17.3 Å². The highest BCUT2D eigenvalue weighted by Crippen LogP contribution is 2.31. The number of carbonyl (C=O) groups is 2. The molecule has 0 saturated heterocycles. The van der Waals surface area contributed by atoms with Crippen LogP contribution >= 0.6 is 0 Å². The summed E-state index contributed by atoms with van der Waals surface area (Å²) in [4.78, 5) is 29.3. The summed E-state index contributed by atoms with van der Waals surface area (Å²) in [6.07, 6.45) is 5.18. The molecule has 1 N–H and O–H groups in total. The Morgan fingerprint density at radius 1 is 1.00 bits per heavy atom. The topological polar surface area (TPSA) is 118 Å². The zero-order valence-electron chi connectivity index (χ0n) is 20.0. The lowest BCUT2D eigenvalue weighted by Crippen LogP contribution is -2.22. The van der Waals surface area contributed by atoms with Crippen molar-refractivity contribution in [2.75, 3.05) is 0 Å². The van der Waals surface area contributed by atoms with Gasteiger partial charge in [-0.1, -0.05) is 24.3 Å². The van der Waals surface area contributed by atoms with E-state index in [2.05, 4.69) is 21.6 Å². The normalized spacial score (nSPS) is 13.5. The summed E-state index contributed by atoms with van der Waals surface area (Å²) in [6, 6.07) is 19.7. The zero-order valence-corrected chi connectivity index (χ0v) is 20.0. The molecule has 1 aliphatic rings. The van der Waals surface area contributed by atoms with Crippen LogP contribution in [0, 0.1) is 18.3 Å². The van der Waals surface area contributed by atoms with Crippen LogP contribution in [0.1, 0.15) is 56.2 Å². The maximum absolute atomic E-state index is 13.0. The largest absolute Gasteiger partial charge is 0.453 e. The second kappa shape index (κ2) is 10.3. The Bertz CT molecular complexity index is 1530. The van der Waals surface area contributed by atoms with Gasteiger partial charge in [0.25, 0.3) is 5.91 Å². The molecule has 0 unspecified atom stereocenters. The van der Waals surface area contributed by atoms with Crippen molar-refractivity contribution in [3.8, 4) is 22.9 Å². The summed E-state index contributed by atoms with van der Waals surface area (Å²) >= 11 is 0. The van der Waals surface area contributed by atoms with Gasteiger partial charge in [0.2, 0.25) is 5.76 Å². The maximum atomic E-state index is 13.0. The van der Waals surface area contributed by atoms with E-state index in [0.29, 0.717) is 46.8 Å². The van der Waals surface area contributed by atoms with E-state index < -0.39 is 5.97 Å². The zero-order chi connectivity index (χ0) is 25.8. The molecule has 5 rings (SSSR count). The molecule has 0 spiro atoms. The summed E-state index contributed by atoms with van der Waals surface area (Å²) in [7, 11) is 0. The maximum Gasteiger partial charge on any atom is 0.379 e. The quantitative estimate of drug-likeness (QED) is 0.233. The molecule has 0 atom stereocenters. The van der Waals surface area contributed by atoms with Gasteiger partial charge in [-0.05, 0) is 67.3 Å². The second-order valence-electron chi connectivity index (χ2n) is 8.55. The van der Waals surface area contributed by atoms with Gasteiger partial charge >= 0.3 is 5.97 Å². The van der Waals surface area contributed by atoms with Crippen molar-refractivity contribution in [1.29, 1.82) is 5.26 Å². The molecule has 1 aliphatic carbocycles. The number of aromatic nitrogens is 1. The van der Waals surface area contributed by atoms with E-state index in [1.165, 1.54) is 0 Å². The molecule has 0 fully saturated rings. The number of hydrazone groups is 1. The van der Waals surface area contributed by atoms with Crippen LogP contribution in [0.3, 0.4) is 0 Å². The molecule has 182 valence electrons. The number of nitrogens with zero attached hydrogens (tertiary/aromatic N) is 3. The molecule has 2 aromatic heterocycles. The Labute approximate surface area is 213 Å². The van der Waals surface area contributed by atoms with Crippen molar-refractivity contribution in [1.82, 2.24) is 10.4 Å². The number of carbonyl (C=O) groups excluding carboxylic acids is 2. The molecule has 2 aromatic carbocycles. The van der Waals surface area contributed by atoms with E-state index in [1.807, 2.05) is 24.3 Å². The highest BCUT2D eigenvalue weighted by atomic mass is 16.5. The van der Waals surface area contributed by atoms with Gasteiger partial charge in [0.15, 0.2) is 0 Å². The first kappa shape index (κ1) is 23.7. The van der Waals surface area contributed by atoms with E-state index in [9.17, 15) is 9.59 Å². The summed E-state index contributed by atoms with van der Waals surface area (Å²) in [5.74, 6) is 0.222. The molecule has 2 heterocycles. The van der Waals surface area contributed by atoms with Gasteiger partial charge in [0, 0.05) is 35.5 Å². The first-order valence-corrected chi connectivity index (χ1v) is 11.8. The Kier molecular flexibility index (Phi) is 6.60. The van der Waals surface area contributed by atoms with E-state index in [1.54, 1.807) is 55.7 Å².